The molecule has 0 saturated heterocycles. The van der Waals surface area contributed by atoms with Crippen LogP contribution in [-0.2, 0) is 24.3 Å². The van der Waals surface area contributed by atoms with Gasteiger partial charge in [-0.2, -0.15) is 0 Å². The highest BCUT2D eigenvalue weighted by atomic mass is 32.2. The lowest BCUT2D eigenvalue weighted by atomic mass is 10.2. The zero-order chi connectivity index (χ0) is 17.6. The van der Waals surface area contributed by atoms with E-state index in [0.717, 1.165) is 41.6 Å². The van der Waals surface area contributed by atoms with Gasteiger partial charge in [0.2, 0.25) is 5.91 Å². The first-order chi connectivity index (χ1) is 12.1. The molecule has 0 fully saturated rings. The Morgan fingerprint density at radius 2 is 2.00 bits per heavy atom. The fraction of sp³-hybridized carbons (Fsp3) is 0.500. The summed E-state index contributed by atoms with van der Waals surface area (Å²) in [6.07, 6.45) is 4.56. The summed E-state index contributed by atoms with van der Waals surface area (Å²) in [7, 11) is 4.03. The predicted molar refractivity (Wildman–Crippen MR) is 101 cm³/mol. The van der Waals surface area contributed by atoms with Gasteiger partial charge in [-0.05, 0) is 30.5 Å². The topological polar surface area (TPSA) is 63.1 Å². The second-order valence-corrected chi connectivity index (χ2v) is 7.43. The minimum Gasteiger partial charge on any atom is -0.378 e. The van der Waals surface area contributed by atoms with E-state index in [1.807, 2.05) is 26.2 Å². The maximum atomic E-state index is 12.1. The highest BCUT2D eigenvalue weighted by Gasteiger charge is 2.15. The molecule has 0 radical (unpaired) electrons. The number of nitrogens with zero attached hydrogens (tertiary/aromatic N) is 4. The SMILES string of the molecule is CN(C)c1ccc(CNC(=O)CSc2nnc3n2CCCCC3)cc1. The molecule has 7 heteroatoms. The number of carbonyl (C=O) groups excluding carboxylic acids is 1. The highest BCUT2D eigenvalue weighted by molar-refractivity contribution is 7.99. The van der Waals surface area contributed by atoms with Crippen molar-refractivity contribution in [3.05, 3.63) is 35.7 Å². The second-order valence-electron chi connectivity index (χ2n) is 6.49. The Labute approximate surface area is 153 Å². The van der Waals surface area contributed by atoms with Crippen LogP contribution in [0.25, 0.3) is 0 Å². The smallest absolute Gasteiger partial charge is 0.230 e. The van der Waals surface area contributed by atoms with Gasteiger partial charge in [0.05, 0.1) is 5.75 Å². The summed E-state index contributed by atoms with van der Waals surface area (Å²) in [6, 6.07) is 8.20. The average molecular weight is 359 g/mol. The molecule has 1 aromatic heterocycles. The maximum absolute atomic E-state index is 12.1. The van der Waals surface area contributed by atoms with E-state index in [-0.39, 0.29) is 5.91 Å². The molecular formula is C18H25N5OS. The normalized spacial score (nSPS) is 13.8. The van der Waals surface area contributed by atoms with Crippen molar-refractivity contribution in [2.45, 2.75) is 43.9 Å². The monoisotopic (exact) mass is 359 g/mol. The zero-order valence-corrected chi connectivity index (χ0v) is 15.7. The molecule has 0 aliphatic carbocycles. The molecular weight excluding hydrogens is 334 g/mol. The van der Waals surface area contributed by atoms with E-state index in [4.69, 9.17) is 0 Å². The Bertz CT molecular complexity index is 711. The predicted octanol–water partition coefficient (Wildman–Crippen LogP) is 2.48. The first kappa shape index (κ1) is 17.8. The van der Waals surface area contributed by atoms with Crippen LogP contribution in [0.5, 0.6) is 0 Å². The quantitative estimate of drug-likeness (QED) is 0.803. The summed E-state index contributed by atoms with van der Waals surface area (Å²) in [5.41, 5.74) is 2.25. The number of thioether (sulfide) groups is 1. The zero-order valence-electron chi connectivity index (χ0n) is 14.9. The van der Waals surface area contributed by atoms with Crippen molar-refractivity contribution in [3.8, 4) is 0 Å². The molecule has 1 aromatic carbocycles. The Morgan fingerprint density at radius 3 is 2.76 bits per heavy atom. The fourth-order valence-corrected chi connectivity index (χ4v) is 3.67. The Hall–Kier alpha value is -2.02. The summed E-state index contributed by atoms with van der Waals surface area (Å²) in [6.45, 7) is 1.51. The van der Waals surface area contributed by atoms with Crippen molar-refractivity contribution >= 4 is 23.4 Å². The number of hydrogen-bond acceptors (Lipinski definition) is 5. The largest absolute Gasteiger partial charge is 0.378 e. The molecule has 6 nitrogen and oxygen atoms in total. The third-order valence-corrected chi connectivity index (χ3v) is 5.32. The van der Waals surface area contributed by atoms with Crippen LogP contribution < -0.4 is 10.2 Å². The molecule has 134 valence electrons. The number of nitrogens with one attached hydrogen (secondary N) is 1. The highest BCUT2D eigenvalue weighted by Crippen LogP contribution is 2.21. The van der Waals surface area contributed by atoms with Crippen molar-refractivity contribution in [1.29, 1.82) is 0 Å². The first-order valence-electron chi connectivity index (χ1n) is 8.71. The van der Waals surface area contributed by atoms with E-state index in [1.165, 1.54) is 24.6 Å². The van der Waals surface area contributed by atoms with Crippen molar-refractivity contribution < 1.29 is 4.79 Å². The molecule has 1 aliphatic heterocycles. The fourth-order valence-electron chi connectivity index (χ4n) is 2.86. The van der Waals surface area contributed by atoms with E-state index in [1.54, 1.807) is 0 Å². The molecule has 1 aliphatic rings. The molecule has 0 spiro atoms. The van der Waals surface area contributed by atoms with E-state index < -0.39 is 0 Å². The summed E-state index contributed by atoms with van der Waals surface area (Å²) in [5.74, 6) is 1.45. The molecule has 0 atom stereocenters. The van der Waals surface area contributed by atoms with Gasteiger partial charge in [0, 0.05) is 39.3 Å². The third-order valence-electron chi connectivity index (χ3n) is 4.35. The number of amides is 1. The average Bonchev–Trinajstić information content (AvgIpc) is 2.85. The molecule has 2 aromatic rings. The van der Waals surface area contributed by atoms with Gasteiger partial charge in [-0.3, -0.25) is 4.79 Å². The van der Waals surface area contributed by atoms with Crippen LogP contribution in [0.1, 0.15) is 30.7 Å². The van der Waals surface area contributed by atoms with E-state index in [0.29, 0.717) is 12.3 Å². The lowest BCUT2D eigenvalue weighted by molar-refractivity contribution is -0.118. The summed E-state index contributed by atoms with van der Waals surface area (Å²) >= 11 is 1.47. The summed E-state index contributed by atoms with van der Waals surface area (Å²) in [5, 5.41) is 12.3. The number of aryl methyl sites for hydroxylation is 1. The van der Waals surface area contributed by atoms with Gasteiger partial charge in [0.15, 0.2) is 5.16 Å². The minimum atomic E-state index is 0.0210. The van der Waals surface area contributed by atoms with Gasteiger partial charge in [-0.1, -0.05) is 30.3 Å². The number of hydrogen-bond donors (Lipinski definition) is 1. The number of aromatic nitrogens is 3. The molecule has 0 unspecified atom stereocenters. The van der Waals surface area contributed by atoms with Crippen LogP contribution in [0.15, 0.2) is 29.4 Å². The van der Waals surface area contributed by atoms with Crippen LogP contribution in [0, 0.1) is 0 Å². The lowest BCUT2D eigenvalue weighted by Gasteiger charge is -2.13. The van der Waals surface area contributed by atoms with Gasteiger partial charge in [0.25, 0.3) is 0 Å². The molecule has 1 amide bonds. The van der Waals surface area contributed by atoms with Crippen molar-refractivity contribution in [1.82, 2.24) is 20.1 Å². The minimum absolute atomic E-state index is 0.0210. The standard InChI is InChI=1S/C18H25N5OS/c1-22(2)15-9-7-14(8-10-15)12-19-17(24)13-25-18-21-20-16-6-4-3-5-11-23(16)18/h7-10H,3-6,11-13H2,1-2H3,(H,19,24). The Balaban J connectivity index is 1.48. The summed E-state index contributed by atoms with van der Waals surface area (Å²) in [4.78, 5) is 14.2. The summed E-state index contributed by atoms with van der Waals surface area (Å²) < 4.78 is 2.17. The van der Waals surface area contributed by atoms with Gasteiger partial charge >= 0.3 is 0 Å². The molecule has 1 N–H and O–H groups in total. The number of benzene rings is 1. The molecule has 25 heavy (non-hydrogen) atoms. The van der Waals surface area contributed by atoms with Gasteiger partial charge in [-0.15, -0.1) is 10.2 Å². The lowest BCUT2D eigenvalue weighted by Crippen LogP contribution is -2.24. The van der Waals surface area contributed by atoms with Gasteiger partial charge in [-0.25, -0.2) is 0 Å². The molecule has 0 saturated carbocycles. The van der Waals surface area contributed by atoms with Crippen LogP contribution in [0.2, 0.25) is 0 Å². The Morgan fingerprint density at radius 1 is 1.20 bits per heavy atom. The van der Waals surface area contributed by atoms with Crippen LogP contribution >= 0.6 is 11.8 Å². The maximum Gasteiger partial charge on any atom is 0.230 e. The number of carbonyl (C=O) groups is 1. The molecule has 3 rings (SSSR count). The Kier molecular flexibility index (Phi) is 5.96. The van der Waals surface area contributed by atoms with Crippen LogP contribution in [0.3, 0.4) is 0 Å². The molecule has 0 bridgehead atoms. The van der Waals surface area contributed by atoms with Crippen molar-refractivity contribution in [2.75, 3.05) is 24.7 Å². The van der Waals surface area contributed by atoms with E-state index in [9.17, 15) is 4.79 Å². The third kappa shape index (κ3) is 4.75. The molecule has 2 heterocycles. The number of rotatable bonds is 6. The number of fused-ring (bicyclic) bond motifs is 1. The second kappa shape index (κ2) is 8.38. The van der Waals surface area contributed by atoms with E-state index >= 15 is 0 Å². The number of anilines is 1. The van der Waals surface area contributed by atoms with Gasteiger partial charge < -0.3 is 14.8 Å². The van der Waals surface area contributed by atoms with Crippen LogP contribution in [-0.4, -0.2) is 40.5 Å². The van der Waals surface area contributed by atoms with E-state index in [2.05, 4.69) is 37.1 Å². The van der Waals surface area contributed by atoms with Crippen molar-refractivity contribution in [2.24, 2.45) is 0 Å². The van der Waals surface area contributed by atoms with Crippen LogP contribution in [0.4, 0.5) is 5.69 Å². The van der Waals surface area contributed by atoms with Crippen molar-refractivity contribution in [3.63, 3.8) is 0 Å². The first-order valence-corrected chi connectivity index (χ1v) is 9.70. The van der Waals surface area contributed by atoms with Gasteiger partial charge in [0.1, 0.15) is 5.82 Å².